The highest BCUT2D eigenvalue weighted by Crippen LogP contribution is 2.30. The van der Waals surface area contributed by atoms with Crippen LogP contribution in [0.1, 0.15) is 17.1 Å². The van der Waals surface area contributed by atoms with Crippen molar-refractivity contribution in [3.05, 3.63) is 58.3 Å². The van der Waals surface area contributed by atoms with Crippen molar-refractivity contribution < 1.29 is 13.2 Å². The third-order valence-corrected chi connectivity index (χ3v) is 4.41. The number of imidazole rings is 1. The van der Waals surface area contributed by atoms with Crippen LogP contribution < -0.4 is 5.32 Å². The summed E-state index contributed by atoms with van der Waals surface area (Å²) in [5.74, 6) is 1.70. The molecule has 9 heteroatoms. The van der Waals surface area contributed by atoms with E-state index in [1.807, 2.05) is 13.8 Å². The van der Waals surface area contributed by atoms with E-state index >= 15 is 0 Å². The summed E-state index contributed by atoms with van der Waals surface area (Å²) in [7, 11) is 0. The predicted molar refractivity (Wildman–Crippen MR) is 91.1 cm³/mol. The van der Waals surface area contributed by atoms with Gasteiger partial charge in [0.1, 0.15) is 10.4 Å². The zero-order valence-corrected chi connectivity index (χ0v) is 14.9. The average Bonchev–Trinajstić information content (AvgIpc) is 2.80. The SMILES string of the molecule is Cc1nc(C)n(-c2cncc(Nc3ccc(C(F)(F)F)cc3)n2)c1Br. The van der Waals surface area contributed by atoms with Gasteiger partial charge >= 0.3 is 6.18 Å². The molecule has 0 aliphatic heterocycles. The maximum Gasteiger partial charge on any atom is 0.416 e. The third kappa shape index (κ3) is 3.65. The first-order chi connectivity index (χ1) is 11.8. The van der Waals surface area contributed by atoms with Crippen molar-refractivity contribution in [2.24, 2.45) is 0 Å². The Labute approximate surface area is 150 Å². The number of rotatable bonds is 3. The van der Waals surface area contributed by atoms with E-state index in [1.165, 1.54) is 18.3 Å². The Morgan fingerprint density at radius 3 is 2.28 bits per heavy atom. The van der Waals surface area contributed by atoms with Gasteiger partial charge in [0.2, 0.25) is 0 Å². The Balaban J connectivity index is 1.87. The number of halogens is 4. The molecule has 2 heterocycles. The molecule has 1 N–H and O–H groups in total. The average molecular weight is 412 g/mol. The van der Waals surface area contributed by atoms with Crippen LogP contribution in [0, 0.1) is 13.8 Å². The van der Waals surface area contributed by atoms with Gasteiger partial charge in [-0.1, -0.05) is 0 Å². The number of aromatic nitrogens is 4. The first-order valence-electron chi connectivity index (χ1n) is 7.24. The predicted octanol–water partition coefficient (Wildman–Crippen LogP) is 4.80. The molecule has 0 spiro atoms. The van der Waals surface area contributed by atoms with Gasteiger partial charge in [0, 0.05) is 5.69 Å². The van der Waals surface area contributed by atoms with E-state index in [0.717, 1.165) is 28.3 Å². The Kier molecular flexibility index (Phi) is 4.51. The van der Waals surface area contributed by atoms with Crippen LogP contribution in [0.25, 0.3) is 5.82 Å². The molecule has 130 valence electrons. The maximum atomic E-state index is 12.6. The topological polar surface area (TPSA) is 55.6 Å². The molecule has 0 atom stereocenters. The lowest BCUT2D eigenvalue weighted by molar-refractivity contribution is -0.137. The molecule has 0 amide bonds. The Morgan fingerprint density at radius 2 is 1.72 bits per heavy atom. The van der Waals surface area contributed by atoms with E-state index in [9.17, 15) is 13.2 Å². The van der Waals surface area contributed by atoms with Gasteiger partial charge in [0.05, 0.1) is 23.7 Å². The maximum absolute atomic E-state index is 12.6. The molecule has 25 heavy (non-hydrogen) atoms. The number of anilines is 2. The monoisotopic (exact) mass is 411 g/mol. The summed E-state index contributed by atoms with van der Waals surface area (Å²) in [4.78, 5) is 12.9. The van der Waals surface area contributed by atoms with Gasteiger partial charge < -0.3 is 5.32 Å². The Hall–Kier alpha value is -2.42. The second-order valence-electron chi connectivity index (χ2n) is 5.33. The largest absolute Gasteiger partial charge is 0.416 e. The summed E-state index contributed by atoms with van der Waals surface area (Å²) in [6.07, 6.45) is -1.29. The minimum Gasteiger partial charge on any atom is -0.339 e. The van der Waals surface area contributed by atoms with Crippen molar-refractivity contribution in [1.82, 2.24) is 19.5 Å². The summed E-state index contributed by atoms with van der Waals surface area (Å²) < 4.78 is 40.4. The summed E-state index contributed by atoms with van der Waals surface area (Å²) in [5, 5.41) is 2.95. The van der Waals surface area contributed by atoms with Gasteiger partial charge in [0.15, 0.2) is 11.6 Å². The quantitative estimate of drug-likeness (QED) is 0.672. The molecule has 3 aromatic rings. The lowest BCUT2D eigenvalue weighted by Crippen LogP contribution is -2.05. The zero-order valence-electron chi connectivity index (χ0n) is 13.3. The van der Waals surface area contributed by atoms with Gasteiger partial charge in [-0.15, -0.1) is 0 Å². The third-order valence-electron chi connectivity index (χ3n) is 3.48. The van der Waals surface area contributed by atoms with Crippen LogP contribution in [0.4, 0.5) is 24.7 Å². The highest BCUT2D eigenvalue weighted by atomic mass is 79.9. The van der Waals surface area contributed by atoms with E-state index in [4.69, 9.17) is 0 Å². The number of nitrogens with zero attached hydrogens (tertiary/aromatic N) is 4. The van der Waals surface area contributed by atoms with Crippen molar-refractivity contribution in [3.63, 3.8) is 0 Å². The first-order valence-corrected chi connectivity index (χ1v) is 8.03. The van der Waals surface area contributed by atoms with Crippen LogP contribution in [0.15, 0.2) is 41.3 Å². The number of nitrogens with one attached hydrogen (secondary N) is 1. The minimum atomic E-state index is -4.36. The molecule has 0 saturated carbocycles. The van der Waals surface area contributed by atoms with Crippen LogP contribution in [0.2, 0.25) is 0 Å². The van der Waals surface area contributed by atoms with Gasteiger partial charge in [0.25, 0.3) is 0 Å². The fraction of sp³-hybridized carbons (Fsp3) is 0.188. The van der Waals surface area contributed by atoms with Crippen molar-refractivity contribution in [2.45, 2.75) is 20.0 Å². The standard InChI is InChI=1S/C16H13BrF3N5/c1-9-15(17)25(10(2)22-9)14-8-21-7-13(24-14)23-12-5-3-11(4-6-12)16(18,19)20/h3-8H,1-2H3,(H,23,24). The normalized spacial score (nSPS) is 11.6. The summed E-state index contributed by atoms with van der Waals surface area (Å²) in [6, 6.07) is 4.72. The number of benzene rings is 1. The van der Waals surface area contributed by atoms with Crippen LogP contribution in [0.5, 0.6) is 0 Å². The smallest absolute Gasteiger partial charge is 0.339 e. The highest BCUT2D eigenvalue weighted by molar-refractivity contribution is 9.10. The zero-order chi connectivity index (χ0) is 18.2. The van der Waals surface area contributed by atoms with E-state index in [0.29, 0.717) is 17.3 Å². The van der Waals surface area contributed by atoms with E-state index in [1.54, 1.807) is 10.8 Å². The van der Waals surface area contributed by atoms with Crippen LogP contribution >= 0.6 is 15.9 Å². The molecule has 0 bridgehead atoms. The molecule has 5 nitrogen and oxygen atoms in total. The van der Waals surface area contributed by atoms with E-state index in [2.05, 4.69) is 36.2 Å². The van der Waals surface area contributed by atoms with Gasteiger partial charge in [-0.05, 0) is 54.0 Å². The summed E-state index contributed by atoms with van der Waals surface area (Å²) >= 11 is 3.46. The van der Waals surface area contributed by atoms with Crippen LogP contribution in [-0.2, 0) is 6.18 Å². The molecular formula is C16H13BrF3N5. The van der Waals surface area contributed by atoms with Crippen LogP contribution in [0.3, 0.4) is 0 Å². The molecule has 0 aliphatic rings. The number of alkyl halides is 3. The molecule has 0 unspecified atom stereocenters. The lowest BCUT2D eigenvalue weighted by atomic mass is 10.2. The molecule has 0 aliphatic carbocycles. The first kappa shape index (κ1) is 17.4. The van der Waals surface area contributed by atoms with Gasteiger partial charge in [-0.25, -0.2) is 9.97 Å². The highest BCUT2D eigenvalue weighted by Gasteiger charge is 2.29. The molecule has 2 aromatic heterocycles. The van der Waals surface area contributed by atoms with E-state index < -0.39 is 11.7 Å². The van der Waals surface area contributed by atoms with Gasteiger partial charge in [-0.2, -0.15) is 13.2 Å². The second kappa shape index (κ2) is 6.47. The molecule has 3 rings (SSSR count). The van der Waals surface area contributed by atoms with Crippen molar-refractivity contribution in [2.75, 3.05) is 5.32 Å². The Morgan fingerprint density at radius 1 is 1.04 bits per heavy atom. The molecule has 1 aromatic carbocycles. The lowest BCUT2D eigenvalue weighted by Gasteiger charge is -2.10. The fourth-order valence-corrected chi connectivity index (χ4v) is 2.85. The number of hydrogen-bond donors (Lipinski definition) is 1. The van der Waals surface area contributed by atoms with Gasteiger partial charge in [-0.3, -0.25) is 9.55 Å². The van der Waals surface area contributed by atoms with Crippen molar-refractivity contribution in [1.29, 1.82) is 0 Å². The fourth-order valence-electron chi connectivity index (χ4n) is 2.32. The minimum absolute atomic E-state index is 0.412. The number of hydrogen-bond acceptors (Lipinski definition) is 4. The van der Waals surface area contributed by atoms with Crippen molar-refractivity contribution >= 4 is 27.4 Å². The van der Waals surface area contributed by atoms with E-state index in [-0.39, 0.29) is 0 Å². The molecule has 0 saturated heterocycles. The Bertz CT molecular complexity index is 903. The van der Waals surface area contributed by atoms with Crippen LogP contribution in [-0.4, -0.2) is 19.5 Å². The molecule has 0 radical (unpaired) electrons. The summed E-state index contributed by atoms with van der Waals surface area (Å²) in [5.41, 5.74) is 0.601. The summed E-state index contributed by atoms with van der Waals surface area (Å²) in [6.45, 7) is 3.71. The second-order valence-corrected chi connectivity index (χ2v) is 6.08. The molecular weight excluding hydrogens is 399 g/mol. The van der Waals surface area contributed by atoms with Crippen molar-refractivity contribution in [3.8, 4) is 5.82 Å². The number of aryl methyl sites for hydroxylation is 2. The molecule has 0 fully saturated rings.